The first-order chi connectivity index (χ1) is 8.28. The first-order valence-corrected chi connectivity index (χ1v) is 6.68. The van der Waals surface area contributed by atoms with Crippen LogP contribution >= 0.6 is 0 Å². The minimum absolute atomic E-state index is 1.17. The molecule has 1 aromatic carbocycles. The van der Waals surface area contributed by atoms with Gasteiger partial charge in [-0.15, -0.1) is 0 Å². The molecule has 0 aliphatic heterocycles. The third-order valence-electron chi connectivity index (χ3n) is 2.76. The maximum Gasteiger partial charge on any atom is -0.00191 e. The molecule has 1 nitrogen and oxygen atoms in total. The highest BCUT2D eigenvalue weighted by Crippen LogP contribution is 1.97. The van der Waals surface area contributed by atoms with E-state index in [-0.39, 0.29) is 0 Å². The average molecular weight is 233 g/mol. The highest BCUT2D eigenvalue weighted by atomic mass is 15.1. The molecule has 0 fully saturated rings. The molecule has 0 heterocycles. The molecule has 0 N–H and O–H groups in total. The molecule has 0 aliphatic carbocycles. The Hall–Kier alpha value is -1.08. The van der Waals surface area contributed by atoms with Crippen molar-refractivity contribution in [2.75, 3.05) is 19.6 Å². The molecule has 1 heteroatoms. The molecule has 0 aliphatic rings. The van der Waals surface area contributed by atoms with Crippen molar-refractivity contribution < 1.29 is 0 Å². The molecular formula is C16H27N. The van der Waals surface area contributed by atoms with Crippen molar-refractivity contribution >= 4 is 6.08 Å². The number of unbranched alkanes of at least 4 members (excludes halogenated alkanes) is 1. The SMILES string of the molecule is C=Cc1ccccc1.CCCCN(CC)CC. The molecule has 0 spiro atoms. The van der Waals surface area contributed by atoms with Crippen LogP contribution in [0.4, 0.5) is 0 Å². The van der Waals surface area contributed by atoms with Gasteiger partial charge in [0.05, 0.1) is 0 Å². The summed E-state index contributed by atoms with van der Waals surface area (Å²) in [6, 6.07) is 10.0. The molecule has 1 rings (SSSR count). The third-order valence-corrected chi connectivity index (χ3v) is 2.76. The van der Waals surface area contributed by atoms with Gasteiger partial charge in [0.25, 0.3) is 0 Å². The molecule has 0 aromatic heterocycles. The monoisotopic (exact) mass is 233 g/mol. The lowest BCUT2D eigenvalue weighted by molar-refractivity contribution is 0.299. The second kappa shape index (κ2) is 11.4. The van der Waals surface area contributed by atoms with E-state index in [4.69, 9.17) is 0 Å². The summed E-state index contributed by atoms with van der Waals surface area (Å²) >= 11 is 0. The molecule has 0 unspecified atom stereocenters. The van der Waals surface area contributed by atoms with Gasteiger partial charge in [0.15, 0.2) is 0 Å². The zero-order chi connectivity index (χ0) is 12.9. The van der Waals surface area contributed by atoms with Crippen molar-refractivity contribution in [3.63, 3.8) is 0 Å². The molecule has 96 valence electrons. The van der Waals surface area contributed by atoms with Crippen LogP contribution in [0.3, 0.4) is 0 Å². The number of benzene rings is 1. The third kappa shape index (κ3) is 8.70. The van der Waals surface area contributed by atoms with E-state index in [0.29, 0.717) is 0 Å². The molecule has 1 aromatic rings. The minimum Gasteiger partial charge on any atom is -0.304 e. The lowest BCUT2D eigenvalue weighted by atomic mass is 10.2. The fourth-order valence-electron chi connectivity index (χ4n) is 1.51. The summed E-state index contributed by atoms with van der Waals surface area (Å²) in [4.78, 5) is 2.46. The molecule has 0 radical (unpaired) electrons. The highest BCUT2D eigenvalue weighted by molar-refractivity contribution is 5.45. The summed E-state index contributed by atoms with van der Waals surface area (Å²) in [6.07, 6.45) is 4.50. The van der Waals surface area contributed by atoms with Crippen molar-refractivity contribution in [3.8, 4) is 0 Å². The van der Waals surface area contributed by atoms with Crippen molar-refractivity contribution in [3.05, 3.63) is 42.5 Å². The van der Waals surface area contributed by atoms with Gasteiger partial charge in [-0.1, -0.05) is 70.2 Å². The summed E-state index contributed by atoms with van der Waals surface area (Å²) < 4.78 is 0. The van der Waals surface area contributed by atoms with Gasteiger partial charge in [-0.2, -0.15) is 0 Å². The summed E-state index contributed by atoms with van der Waals surface area (Å²) in [5, 5.41) is 0. The van der Waals surface area contributed by atoms with Gasteiger partial charge >= 0.3 is 0 Å². The van der Waals surface area contributed by atoms with Crippen LogP contribution < -0.4 is 0 Å². The van der Waals surface area contributed by atoms with Gasteiger partial charge in [0.2, 0.25) is 0 Å². The minimum atomic E-state index is 1.17. The Kier molecular flexibility index (Phi) is 10.7. The Balaban J connectivity index is 0.000000302. The Morgan fingerprint density at radius 1 is 1.06 bits per heavy atom. The van der Waals surface area contributed by atoms with Crippen LogP contribution in [0.2, 0.25) is 0 Å². The Morgan fingerprint density at radius 3 is 2.00 bits per heavy atom. The van der Waals surface area contributed by atoms with Crippen LogP contribution in [0.5, 0.6) is 0 Å². The lowest BCUT2D eigenvalue weighted by Crippen LogP contribution is -2.23. The smallest absolute Gasteiger partial charge is 0.00191 e. The normalized spacial score (nSPS) is 9.65. The van der Waals surface area contributed by atoms with Gasteiger partial charge in [-0.05, 0) is 31.6 Å². The van der Waals surface area contributed by atoms with E-state index in [2.05, 4.69) is 32.3 Å². The van der Waals surface area contributed by atoms with Crippen LogP contribution in [0.1, 0.15) is 39.2 Å². The number of hydrogen-bond acceptors (Lipinski definition) is 1. The summed E-state index contributed by atoms with van der Waals surface area (Å²) in [5.74, 6) is 0. The van der Waals surface area contributed by atoms with Crippen molar-refractivity contribution in [1.29, 1.82) is 0 Å². The van der Waals surface area contributed by atoms with Crippen LogP contribution in [0.25, 0.3) is 6.08 Å². The predicted molar refractivity (Wildman–Crippen MR) is 79.2 cm³/mol. The van der Waals surface area contributed by atoms with Gasteiger partial charge < -0.3 is 4.90 Å². The second-order valence-electron chi connectivity index (χ2n) is 4.00. The first kappa shape index (κ1) is 15.9. The lowest BCUT2D eigenvalue weighted by Gasteiger charge is -2.16. The summed E-state index contributed by atoms with van der Waals surface area (Å²) in [6.45, 7) is 14.0. The fourth-order valence-corrected chi connectivity index (χ4v) is 1.51. The van der Waals surface area contributed by atoms with Gasteiger partial charge in [0, 0.05) is 0 Å². The number of nitrogens with zero attached hydrogens (tertiary/aromatic N) is 1. The van der Waals surface area contributed by atoms with Gasteiger partial charge in [-0.3, -0.25) is 0 Å². The van der Waals surface area contributed by atoms with Crippen LogP contribution in [0.15, 0.2) is 36.9 Å². The van der Waals surface area contributed by atoms with Crippen molar-refractivity contribution in [2.45, 2.75) is 33.6 Å². The van der Waals surface area contributed by atoms with Crippen molar-refractivity contribution in [1.82, 2.24) is 4.90 Å². The molecule has 0 atom stereocenters. The van der Waals surface area contributed by atoms with Crippen LogP contribution in [0, 0.1) is 0 Å². The predicted octanol–water partition coefficient (Wildman–Crippen LogP) is 4.46. The van der Waals surface area contributed by atoms with Crippen LogP contribution in [-0.2, 0) is 0 Å². The molecule has 0 saturated heterocycles. The molecule has 0 saturated carbocycles. The Bertz CT molecular complexity index is 262. The zero-order valence-electron chi connectivity index (χ0n) is 11.7. The largest absolute Gasteiger partial charge is 0.304 e. The maximum absolute atomic E-state index is 3.63. The molecule has 0 bridgehead atoms. The summed E-state index contributed by atoms with van der Waals surface area (Å²) in [7, 11) is 0. The van der Waals surface area contributed by atoms with E-state index >= 15 is 0 Å². The standard InChI is InChI=1S/C8H19N.C8H8/c1-4-7-8-9(5-2)6-3;1-2-8-6-4-3-5-7-8/h4-8H2,1-3H3;2-7H,1H2. The maximum atomic E-state index is 3.63. The second-order valence-corrected chi connectivity index (χ2v) is 4.00. The van der Waals surface area contributed by atoms with E-state index in [1.165, 1.54) is 38.0 Å². The van der Waals surface area contributed by atoms with E-state index in [0.717, 1.165) is 0 Å². The Morgan fingerprint density at radius 2 is 1.65 bits per heavy atom. The van der Waals surface area contributed by atoms with Gasteiger partial charge in [-0.25, -0.2) is 0 Å². The molecular weight excluding hydrogens is 206 g/mol. The number of hydrogen-bond donors (Lipinski definition) is 0. The topological polar surface area (TPSA) is 3.24 Å². The average Bonchev–Trinajstić information content (AvgIpc) is 2.42. The van der Waals surface area contributed by atoms with E-state index in [1.54, 1.807) is 0 Å². The first-order valence-electron chi connectivity index (χ1n) is 6.68. The van der Waals surface area contributed by atoms with E-state index < -0.39 is 0 Å². The highest BCUT2D eigenvalue weighted by Gasteiger charge is 1.94. The van der Waals surface area contributed by atoms with Crippen molar-refractivity contribution in [2.24, 2.45) is 0 Å². The quantitative estimate of drug-likeness (QED) is 0.701. The summed E-state index contributed by atoms with van der Waals surface area (Å²) in [5.41, 5.74) is 1.17. The molecule has 17 heavy (non-hydrogen) atoms. The Labute approximate surface area is 107 Å². The molecule has 0 amide bonds. The van der Waals surface area contributed by atoms with E-state index in [9.17, 15) is 0 Å². The zero-order valence-corrected chi connectivity index (χ0v) is 11.7. The number of rotatable bonds is 6. The van der Waals surface area contributed by atoms with Crippen LogP contribution in [-0.4, -0.2) is 24.5 Å². The fraction of sp³-hybridized carbons (Fsp3) is 0.500. The van der Waals surface area contributed by atoms with E-state index in [1.807, 2.05) is 36.4 Å². The van der Waals surface area contributed by atoms with Gasteiger partial charge in [0.1, 0.15) is 0 Å².